The molecule has 0 unspecified atom stereocenters. The summed E-state index contributed by atoms with van der Waals surface area (Å²) >= 11 is 4.13. The van der Waals surface area contributed by atoms with E-state index in [0.717, 1.165) is 17.7 Å². The molecule has 0 saturated carbocycles. The molecule has 14 heavy (non-hydrogen) atoms. The monoisotopic (exact) mass is 204 g/mol. The minimum Gasteiger partial charge on any atom is -0.178 e. The molecule has 0 aromatic heterocycles. The standard InChI is InChI=1S/C13H16S/c1-10-8-12(3)13(9-11(10)2)6-4-5-7-14/h8-9,14H,5,7H2,1-3H3. The molecule has 0 spiro atoms. The zero-order chi connectivity index (χ0) is 10.6. The van der Waals surface area contributed by atoms with Crippen molar-refractivity contribution in [1.82, 2.24) is 0 Å². The largest absolute Gasteiger partial charge is 0.178 e. The maximum absolute atomic E-state index is 4.13. The molecule has 0 aliphatic heterocycles. The van der Waals surface area contributed by atoms with Gasteiger partial charge in [-0.1, -0.05) is 17.9 Å². The van der Waals surface area contributed by atoms with E-state index in [-0.39, 0.29) is 0 Å². The third-order valence-electron chi connectivity index (χ3n) is 2.30. The maximum atomic E-state index is 4.13. The summed E-state index contributed by atoms with van der Waals surface area (Å²) in [4.78, 5) is 0. The molecule has 0 fully saturated rings. The van der Waals surface area contributed by atoms with E-state index in [0.29, 0.717) is 0 Å². The number of hydrogen-bond acceptors (Lipinski definition) is 1. The van der Waals surface area contributed by atoms with Crippen molar-refractivity contribution in [2.75, 3.05) is 5.75 Å². The van der Waals surface area contributed by atoms with Gasteiger partial charge >= 0.3 is 0 Å². The Labute approximate surface area is 92.1 Å². The fourth-order valence-electron chi connectivity index (χ4n) is 1.31. The summed E-state index contributed by atoms with van der Waals surface area (Å²) in [7, 11) is 0. The Bertz CT molecular complexity index is 380. The van der Waals surface area contributed by atoms with E-state index in [2.05, 4.69) is 57.4 Å². The lowest BCUT2D eigenvalue weighted by atomic mass is 10.0. The molecule has 0 aliphatic rings. The zero-order valence-corrected chi connectivity index (χ0v) is 9.91. The van der Waals surface area contributed by atoms with Gasteiger partial charge in [0.05, 0.1) is 0 Å². The molecule has 1 aromatic carbocycles. The van der Waals surface area contributed by atoms with Gasteiger partial charge in [0.1, 0.15) is 0 Å². The molecule has 1 rings (SSSR count). The summed E-state index contributed by atoms with van der Waals surface area (Å²) in [5.41, 5.74) is 5.06. The van der Waals surface area contributed by atoms with Crippen molar-refractivity contribution in [3.05, 3.63) is 34.4 Å². The summed E-state index contributed by atoms with van der Waals surface area (Å²) in [6.07, 6.45) is 0.857. The highest BCUT2D eigenvalue weighted by Crippen LogP contribution is 2.14. The summed E-state index contributed by atoms with van der Waals surface area (Å²) in [5, 5.41) is 0. The van der Waals surface area contributed by atoms with Crippen molar-refractivity contribution in [3.63, 3.8) is 0 Å². The first-order valence-electron chi connectivity index (χ1n) is 4.82. The van der Waals surface area contributed by atoms with Crippen molar-refractivity contribution in [1.29, 1.82) is 0 Å². The van der Waals surface area contributed by atoms with E-state index in [1.165, 1.54) is 16.7 Å². The van der Waals surface area contributed by atoms with Crippen LogP contribution in [0.2, 0.25) is 0 Å². The second-order valence-corrected chi connectivity index (χ2v) is 3.97. The molecular weight excluding hydrogens is 188 g/mol. The van der Waals surface area contributed by atoms with Crippen molar-refractivity contribution in [2.24, 2.45) is 0 Å². The number of benzene rings is 1. The first-order chi connectivity index (χ1) is 6.65. The number of rotatable bonds is 1. The van der Waals surface area contributed by atoms with E-state index in [4.69, 9.17) is 0 Å². The van der Waals surface area contributed by atoms with E-state index >= 15 is 0 Å². The molecule has 0 nitrogen and oxygen atoms in total. The van der Waals surface area contributed by atoms with Gasteiger partial charge in [0.25, 0.3) is 0 Å². The molecular formula is C13H16S. The van der Waals surface area contributed by atoms with Crippen LogP contribution < -0.4 is 0 Å². The van der Waals surface area contributed by atoms with Gasteiger partial charge in [-0.3, -0.25) is 0 Å². The molecule has 1 heteroatoms. The summed E-state index contributed by atoms with van der Waals surface area (Å²) in [5.74, 6) is 7.13. The second kappa shape index (κ2) is 5.12. The van der Waals surface area contributed by atoms with E-state index in [9.17, 15) is 0 Å². The molecule has 0 radical (unpaired) electrons. The summed E-state index contributed by atoms with van der Waals surface area (Å²) in [6.45, 7) is 6.36. The van der Waals surface area contributed by atoms with Crippen LogP contribution in [-0.4, -0.2) is 5.75 Å². The Balaban J connectivity index is 3.00. The van der Waals surface area contributed by atoms with Crippen LogP contribution in [0.15, 0.2) is 12.1 Å². The fourth-order valence-corrected chi connectivity index (χ4v) is 1.42. The molecule has 0 atom stereocenters. The molecule has 0 N–H and O–H groups in total. The molecule has 0 amide bonds. The Morgan fingerprint density at radius 3 is 2.36 bits per heavy atom. The van der Waals surface area contributed by atoms with Crippen molar-refractivity contribution in [3.8, 4) is 11.8 Å². The average Bonchev–Trinajstić information content (AvgIpc) is 2.14. The van der Waals surface area contributed by atoms with Crippen LogP contribution >= 0.6 is 12.6 Å². The first-order valence-corrected chi connectivity index (χ1v) is 5.46. The topological polar surface area (TPSA) is 0 Å². The predicted molar refractivity (Wildman–Crippen MR) is 66.0 cm³/mol. The van der Waals surface area contributed by atoms with E-state index in [1.807, 2.05) is 0 Å². The van der Waals surface area contributed by atoms with Crippen LogP contribution in [0.5, 0.6) is 0 Å². The Hall–Kier alpha value is -0.870. The zero-order valence-electron chi connectivity index (χ0n) is 9.02. The van der Waals surface area contributed by atoms with Gasteiger partial charge in [0.15, 0.2) is 0 Å². The Morgan fingerprint density at radius 2 is 1.71 bits per heavy atom. The highest BCUT2D eigenvalue weighted by Gasteiger charge is 1.98. The average molecular weight is 204 g/mol. The lowest BCUT2D eigenvalue weighted by Gasteiger charge is -2.03. The van der Waals surface area contributed by atoms with Gasteiger partial charge in [-0.15, -0.1) is 0 Å². The van der Waals surface area contributed by atoms with Crippen LogP contribution in [0.25, 0.3) is 0 Å². The molecule has 0 aliphatic carbocycles. The van der Waals surface area contributed by atoms with Gasteiger partial charge in [-0.05, 0) is 43.5 Å². The second-order valence-electron chi connectivity index (χ2n) is 3.53. The van der Waals surface area contributed by atoms with Crippen molar-refractivity contribution in [2.45, 2.75) is 27.2 Å². The van der Waals surface area contributed by atoms with Crippen LogP contribution in [-0.2, 0) is 0 Å². The molecule has 74 valence electrons. The van der Waals surface area contributed by atoms with Crippen LogP contribution in [0.4, 0.5) is 0 Å². The molecule has 1 aromatic rings. The van der Waals surface area contributed by atoms with E-state index < -0.39 is 0 Å². The van der Waals surface area contributed by atoms with Gasteiger partial charge < -0.3 is 0 Å². The molecule has 0 saturated heterocycles. The Kier molecular flexibility index (Phi) is 4.10. The lowest BCUT2D eigenvalue weighted by molar-refractivity contribution is 1.28. The smallest absolute Gasteiger partial charge is 0.0277 e. The van der Waals surface area contributed by atoms with Gasteiger partial charge in [-0.25, -0.2) is 0 Å². The van der Waals surface area contributed by atoms with Gasteiger partial charge in [-0.2, -0.15) is 12.6 Å². The first kappa shape index (κ1) is 11.2. The SMILES string of the molecule is Cc1cc(C)c(C#CCCS)cc1C. The van der Waals surface area contributed by atoms with Crippen molar-refractivity contribution >= 4 is 12.6 Å². The minimum absolute atomic E-state index is 0.830. The van der Waals surface area contributed by atoms with Crippen LogP contribution in [0, 0.1) is 32.6 Å². The predicted octanol–water partition coefficient (Wildman–Crippen LogP) is 3.28. The number of aryl methyl sites for hydroxylation is 3. The quantitative estimate of drug-likeness (QED) is 0.527. The van der Waals surface area contributed by atoms with Crippen LogP contribution in [0.3, 0.4) is 0 Å². The third-order valence-corrected chi connectivity index (χ3v) is 2.52. The van der Waals surface area contributed by atoms with Crippen molar-refractivity contribution < 1.29 is 0 Å². The third kappa shape index (κ3) is 2.82. The maximum Gasteiger partial charge on any atom is 0.0277 e. The van der Waals surface area contributed by atoms with Crippen LogP contribution in [0.1, 0.15) is 28.7 Å². The summed E-state index contributed by atoms with van der Waals surface area (Å²) < 4.78 is 0. The lowest BCUT2D eigenvalue weighted by Crippen LogP contribution is -1.88. The van der Waals surface area contributed by atoms with Gasteiger partial charge in [0.2, 0.25) is 0 Å². The summed E-state index contributed by atoms with van der Waals surface area (Å²) in [6, 6.07) is 4.36. The molecule has 0 heterocycles. The van der Waals surface area contributed by atoms with Gasteiger partial charge in [0, 0.05) is 17.7 Å². The fraction of sp³-hybridized carbons (Fsp3) is 0.385. The highest BCUT2D eigenvalue weighted by molar-refractivity contribution is 7.80. The van der Waals surface area contributed by atoms with E-state index in [1.54, 1.807) is 0 Å². The number of hydrogen-bond donors (Lipinski definition) is 1. The minimum atomic E-state index is 0.830. The number of thiol groups is 1. The Morgan fingerprint density at radius 1 is 1.07 bits per heavy atom. The highest BCUT2D eigenvalue weighted by atomic mass is 32.1. The normalized spacial score (nSPS) is 9.43. The molecule has 0 bridgehead atoms.